The second-order valence-corrected chi connectivity index (χ2v) is 7.12. The molecule has 3 heterocycles. The van der Waals surface area contributed by atoms with Gasteiger partial charge in [-0.15, -0.1) is 23.7 Å². The molecule has 0 fully saturated rings. The van der Waals surface area contributed by atoms with Crippen molar-refractivity contribution in [1.29, 1.82) is 0 Å². The summed E-state index contributed by atoms with van der Waals surface area (Å²) in [6.45, 7) is 7.98. The Morgan fingerprint density at radius 3 is 2.83 bits per heavy atom. The number of hydrogen-bond acceptors (Lipinski definition) is 5. The van der Waals surface area contributed by atoms with Crippen molar-refractivity contribution >= 4 is 34.8 Å². The van der Waals surface area contributed by atoms with Crippen LogP contribution >= 0.6 is 23.7 Å². The molecule has 2 aromatic rings. The van der Waals surface area contributed by atoms with E-state index in [9.17, 15) is 4.79 Å². The lowest BCUT2D eigenvalue weighted by Crippen LogP contribution is -2.25. The van der Waals surface area contributed by atoms with Gasteiger partial charge in [-0.3, -0.25) is 14.8 Å². The molecule has 0 bridgehead atoms. The molecule has 1 aliphatic rings. The van der Waals surface area contributed by atoms with Crippen LogP contribution in [0.2, 0.25) is 0 Å². The minimum atomic E-state index is -0.193. The second kappa shape index (κ2) is 6.98. The van der Waals surface area contributed by atoms with Crippen LogP contribution in [0.4, 0.5) is 5.13 Å². The van der Waals surface area contributed by atoms with Crippen LogP contribution in [0.15, 0.2) is 6.07 Å². The Hall–Kier alpha value is -1.44. The summed E-state index contributed by atoms with van der Waals surface area (Å²) in [4.78, 5) is 20.4. The highest BCUT2D eigenvalue weighted by molar-refractivity contribution is 7.15. The molecule has 126 valence electrons. The fourth-order valence-electron chi connectivity index (χ4n) is 2.66. The van der Waals surface area contributed by atoms with E-state index in [1.54, 1.807) is 11.3 Å². The normalized spacial score (nSPS) is 14.5. The maximum atomic E-state index is 12.3. The first-order chi connectivity index (χ1) is 10.4. The van der Waals surface area contributed by atoms with Gasteiger partial charge < -0.3 is 4.90 Å². The van der Waals surface area contributed by atoms with Crippen LogP contribution in [0.5, 0.6) is 0 Å². The SMILES string of the molecule is Cc1cc(C(=O)Nc2nc3c(s2)CN(C)CC3)nn1C(C)C.Cl. The number of thiazole rings is 1. The molecule has 0 atom stereocenters. The Balaban J connectivity index is 0.00000192. The van der Waals surface area contributed by atoms with E-state index in [0.29, 0.717) is 10.8 Å². The maximum Gasteiger partial charge on any atom is 0.277 e. The van der Waals surface area contributed by atoms with Crippen LogP contribution < -0.4 is 5.32 Å². The average Bonchev–Trinajstić information content (AvgIpc) is 3.01. The molecule has 6 nitrogen and oxygen atoms in total. The first-order valence-corrected chi connectivity index (χ1v) is 8.30. The third-order valence-electron chi connectivity index (χ3n) is 3.79. The topological polar surface area (TPSA) is 63.1 Å². The number of fused-ring (bicyclic) bond motifs is 1. The van der Waals surface area contributed by atoms with Crippen molar-refractivity contribution in [3.63, 3.8) is 0 Å². The Labute approximate surface area is 146 Å². The first kappa shape index (κ1) is 17.9. The number of hydrogen-bond donors (Lipinski definition) is 1. The van der Waals surface area contributed by atoms with Gasteiger partial charge in [-0.2, -0.15) is 5.10 Å². The summed E-state index contributed by atoms with van der Waals surface area (Å²) in [6, 6.07) is 2.06. The lowest BCUT2D eigenvalue weighted by atomic mass is 10.2. The van der Waals surface area contributed by atoms with Crippen LogP contribution in [-0.2, 0) is 13.0 Å². The third-order valence-corrected chi connectivity index (χ3v) is 4.78. The molecule has 1 aliphatic heterocycles. The Morgan fingerprint density at radius 2 is 2.17 bits per heavy atom. The largest absolute Gasteiger partial charge is 0.301 e. The van der Waals surface area contributed by atoms with Gasteiger partial charge in [-0.25, -0.2) is 4.98 Å². The zero-order valence-electron chi connectivity index (χ0n) is 13.8. The van der Waals surface area contributed by atoms with Crippen molar-refractivity contribution in [2.45, 2.75) is 39.8 Å². The molecule has 2 aromatic heterocycles. The number of nitrogens with zero attached hydrogens (tertiary/aromatic N) is 4. The van der Waals surface area contributed by atoms with E-state index in [1.807, 2.05) is 31.5 Å². The maximum absolute atomic E-state index is 12.3. The van der Waals surface area contributed by atoms with Crippen molar-refractivity contribution in [1.82, 2.24) is 19.7 Å². The summed E-state index contributed by atoms with van der Waals surface area (Å²) in [5.41, 5.74) is 2.54. The molecule has 0 radical (unpaired) electrons. The second-order valence-electron chi connectivity index (χ2n) is 6.04. The number of amides is 1. The first-order valence-electron chi connectivity index (χ1n) is 7.48. The number of aryl methyl sites for hydroxylation is 1. The molecular formula is C15H22ClN5OS. The van der Waals surface area contributed by atoms with E-state index in [0.717, 1.165) is 30.9 Å². The van der Waals surface area contributed by atoms with Crippen molar-refractivity contribution in [2.75, 3.05) is 18.9 Å². The number of aromatic nitrogens is 3. The number of carbonyl (C=O) groups excluding carboxylic acids is 1. The molecule has 0 saturated carbocycles. The van der Waals surface area contributed by atoms with Gasteiger partial charge >= 0.3 is 0 Å². The molecule has 0 spiro atoms. The molecule has 3 rings (SSSR count). The van der Waals surface area contributed by atoms with Gasteiger partial charge in [0, 0.05) is 36.1 Å². The van der Waals surface area contributed by atoms with E-state index < -0.39 is 0 Å². The lowest BCUT2D eigenvalue weighted by Gasteiger charge is -2.20. The van der Waals surface area contributed by atoms with Gasteiger partial charge in [-0.05, 0) is 33.9 Å². The summed E-state index contributed by atoms with van der Waals surface area (Å²) < 4.78 is 1.86. The molecule has 8 heteroatoms. The van der Waals surface area contributed by atoms with Crippen LogP contribution in [0.3, 0.4) is 0 Å². The smallest absolute Gasteiger partial charge is 0.277 e. The van der Waals surface area contributed by atoms with E-state index in [-0.39, 0.29) is 24.4 Å². The number of anilines is 1. The van der Waals surface area contributed by atoms with Crippen molar-refractivity contribution in [3.05, 3.63) is 28.0 Å². The monoisotopic (exact) mass is 355 g/mol. The van der Waals surface area contributed by atoms with E-state index in [1.165, 1.54) is 4.88 Å². The predicted molar refractivity (Wildman–Crippen MR) is 94.7 cm³/mol. The van der Waals surface area contributed by atoms with Gasteiger partial charge in [-0.1, -0.05) is 0 Å². The fourth-order valence-corrected chi connectivity index (χ4v) is 3.74. The van der Waals surface area contributed by atoms with Crippen LogP contribution in [0, 0.1) is 6.92 Å². The van der Waals surface area contributed by atoms with Gasteiger partial charge in [0.1, 0.15) is 0 Å². The van der Waals surface area contributed by atoms with E-state index >= 15 is 0 Å². The van der Waals surface area contributed by atoms with Gasteiger partial charge in [0.15, 0.2) is 10.8 Å². The average molecular weight is 356 g/mol. The van der Waals surface area contributed by atoms with Crippen LogP contribution in [0.1, 0.15) is 46.6 Å². The highest BCUT2D eigenvalue weighted by Crippen LogP contribution is 2.28. The van der Waals surface area contributed by atoms with E-state index in [4.69, 9.17) is 0 Å². The minimum absolute atomic E-state index is 0. The Kier molecular flexibility index (Phi) is 5.44. The molecule has 0 unspecified atom stereocenters. The summed E-state index contributed by atoms with van der Waals surface area (Å²) in [7, 11) is 2.10. The number of nitrogens with one attached hydrogen (secondary N) is 1. The Morgan fingerprint density at radius 1 is 1.43 bits per heavy atom. The summed E-state index contributed by atoms with van der Waals surface area (Å²) in [6.07, 6.45) is 0.944. The quantitative estimate of drug-likeness (QED) is 0.919. The highest BCUT2D eigenvalue weighted by Gasteiger charge is 2.20. The molecule has 1 N–H and O–H groups in total. The lowest BCUT2D eigenvalue weighted by molar-refractivity contribution is 0.102. The molecular weight excluding hydrogens is 334 g/mol. The van der Waals surface area contributed by atoms with Crippen LogP contribution in [-0.4, -0.2) is 39.2 Å². The van der Waals surface area contributed by atoms with Crippen molar-refractivity contribution in [3.8, 4) is 0 Å². The molecule has 23 heavy (non-hydrogen) atoms. The Bertz CT molecular complexity index is 709. The molecule has 0 saturated heterocycles. The highest BCUT2D eigenvalue weighted by atomic mass is 35.5. The third kappa shape index (κ3) is 3.73. The van der Waals surface area contributed by atoms with E-state index in [2.05, 4.69) is 27.3 Å². The standard InChI is InChI=1S/C15H21N5OS.ClH/c1-9(2)20-10(3)7-12(18-20)14(21)17-15-16-11-5-6-19(4)8-13(11)22-15;/h7,9H,5-6,8H2,1-4H3,(H,16,17,21);1H. The summed E-state index contributed by atoms with van der Waals surface area (Å²) >= 11 is 1.56. The number of likely N-dealkylation sites (N-methyl/N-ethyl adjacent to an activating group) is 1. The van der Waals surface area contributed by atoms with Crippen molar-refractivity contribution < 1.29 is 4.79 Å². The van der Waals surface area contributed by atoms with Crippen LogP contribution in [0.25, 0.3) is 0 Å². The predicted octanol–water partition coefficient (Wildman–Crippen LogP) is 2.89. The summed E-state index contributed by atoms with van der Waals surface area (Å²) in [5, 5.41) is 7.92. The fraction of sp³-hybridized carbons (Fsp3) is 0.533. The number of rotatable bonds is 3. The van der Waals surface area contributed by atoms with Crippen molar-refractivity contribution in [2.24, 2.45) is 0 Å². The zero-order valence-corrected chi connectivity index (χ0v) is 15.4. The number of halogens is 1. The number of carbonyl (C=O) groups is 1. The molecule has 0 aliphatic carbocycles. The van der Waals surface area contributed by atoms with Gasteiger partial charge in [0.25, 0.3) is 5.91 Å². The summed E-state index contributed by atoms with van der Waals surface area (Å²) in [5.74, 6) is -0.193. The van der Waals surface area contributed by atoms with Gasteiger partial charge in [0.05, 0.1) is 5.69 Å². The zero-order chi connectivity index (χ0) is 15.9. The molecule has 1 amide bonds. The van der Waals surface area contributed by atoms with Gasteiger partial charge in [0.2, 0.25) is 0 Å². The molecule has 0 aromatic carbocycles. The minimum Gasteiger partial charge on any atom is -0.301 e.